The van der Waals surface area contributed by atoms with Gasteiger partial charge in [-0.3, -0.25) is 0 Å². The van der Waals surface area contributed by atoms with Crippen molar-refractivity contribution < 1.29 is 0 Å². The third-order valence-corrected chi connectivity index (χ3v) is 6.14. The van der Waals surface area contributed by atoms with Gasteiger partial charge < -0.3 is 4.57 Å². The summed E-state index contributed by atoms with van der Waals surface area (Å²) in [5.74, 6) is 0. The van der Waals surface area contributed by atoms with Crippen molar-refractivity contribution in [1.82, 2.24) is 4.57 Å². The maximum Gasteiger partial charge on any atom is 0.0619 e. The van der Waals surface area contributed by atoms with Gasteiger partial charge in [-0.05, 0) is 40.8 Å². The van der Waals surface area contributed by atoms with Crippen LogP contribution in [0.2, 0.25) is 0 Å². The number of nitrogens with zero attached hydrogens (tertiary/aromatic N) is 1. The number of hydrogen-bond donors (Lipinski definition) is 0. The Morgan fingerprint density at radius 3 is 2.27 bits per heavy atom. The van der Waals surface area contributed by atoms with E-state index in [9.17, 15) is 0 Å². The van der Waals surface area contributed by atoms with Crippen molar-refractivity contribution in [1.29, 1.82) is 0 Å². The van der Waals surface area contributed by atoms with Gasteiger partial charge in [-0.25, -0.2) is 0 Å². The summed E-state index contributed by atoms with van der Waals surface area (Å²) in [6.45, 7) is 0. The minimum atomic E-state index is 1.04. The summed E-state index contributed by atoms with van der Waals surface area (Å²) in [5, 5.41) is 2.67. The summed E-state index contributed by atoms with van der Waals surface area (Å²) in [5.41, 5.74) is 12.5. The number of hydrogen-bond acceptors (Lipinski definition) is 0. The Bertz CT molecular complexity index is 1400. The fourth-order valence-corrected chi connectivity index (χ4v) is 5.17. The van der Waals surface area contributed by atoms with E-state index in [1.54, 1.807) is 0 Å². The molecule has 0 bridgehead atoms. The Kier molecular flexibility index (Phi) is 2.12. The van der Waals surface area contributed by atoms with Gasteiger partial charge in [-0.2, -0.15) is 0 Å². The number of para-hydroxylation sites is 2. The van der Waals surface area contributed by atoms with E-state index < -0.39 is 0 Å². The summed E-state index contributed by atoms with van der Waals surface area (Å²) in [6, 6.07) is 29.2. The monoisotopic (exact) mass is 329 g/mol. The molecule has 0 saturated carbocycles. The van der Waals surface area contributed by atoms with Crippen LogP contribution in [0.5, 0.6) is 0 Å². The Labute approximate surface area is 151 Å². The van der Waals surface area contributed by atoms with Gasteiger partial charge >= 0.3 is 0 Å². The van der Waals surface area contributed by atoms with Crippen LogP contribution < -0.4 is 0 Å². The molecule has 1 heteroatoms. The van der Waals surface area contributed by atoms with Crippen molar-refractivity contribution >= 4 is 21.8 Å². The average molecular weight is 329 g/mol. The summed E-state index contributed by atoms with van der Waals surface area (Å²) in [7, 11) is 0. The zero-order valence-electron chi connectivity index (χ0n) is 14.2. The lowest BCUT2D eigenvalue weighted by Crippen LogP contribution is -1.96. The second-order valence-electron chi connectivity index (χ2n) is 7.38. The van der Waals surface area contributed by atoms with Gasteiger partial charge in [0.2, 0.25) is 0 Å². The van der Waals surface area contributed by atoms with E-state index in [1.165, 1.54) is 60.9 Å². The predicted octanol–water partition coefficient (Wildman–Crippen LogP) is 6.34. The molecule has 26 heavy (non-hydrogen) atoms. The van der Waals surface area contributed by atoms with Crippen molar-refractivity contribution in [2.24, 2.45) is 0 Å². The Morgan fingerprint density at radius 1 is 0.577 bits per heavy atom. The van der Waals surface area contributed by atoms with Crippen LogP contribution in [0.3, 0.4) is 0 Å². The summed E-state index contributed by atoms with van der Waals surface area (Å²) in [6.07, 6.45) is 1.04. The number of benzene rings is 4. The van der Waals surface area contributed by atoms with E-state index in [4.69, 9.17) is 0 Å². The predicted molar refractivity (Wildman–Crippen MR) is 108 cm³/mol. The van der Waals surface area contributed by atoms with Gasteiger partial charge in [0.15, 0.2) is 0 Å². The molecule has 1 nitrogen and oxygen atoms in total. The molecular weight excluding hydrogens is 314 g/mol. The molecular formula is C25H15N. The summed E-state index contributed by atoms with van der Waals surface area (Å²) < 4.78 is 2.49. The highest BCUT2D eigenvalue weighted by molar-refractivity contribution is 6.17. The molecule has 4 aromatic carbocycles. The van der Waals surface area contributed by atoms with Crippen LogP contribution in [0.1, 0.15) is 11.1 Å². The fraction of sp³-hybridized carbons (Fsp3) is 0.0400. The van der Waals surface area contributed by atoms with E-state index in [1.807, 2.05) is 0 Å². The first-order valence-electron chi connectivity index (χ1n) is 9.19. The molecule has 0 N–H and O–H groups in total. The second-order valence-corrected chi connectivity index (χ2v) is 7.38. The van der Waals surface area contributed by atoms with Crippen LogP contribution in [0.4, 0.5) is 0 Å². The molecule has 1 aliphatic heterocycles. The Morgan fingerprint density at radius 2 is 1.31 bits per heavy atom. The van der Waals surface area contributed by atoms with Crippen LogP contribution in [-0.4, -0.2) is 4.57 Å². The maximum absolute atomic E-state index is 2.49. The first-order chi connectivity index (χ1) is 12.9. The molecule has 5 aromatic rings. The van der Waals surface area contributed by atoms with Crippen LogP contribution in [-0.2, 0) is 6.42 Å². The van der Waals surface area contributed by atoms with Crippen LogP contribution in [0.15, 0.2) is 78.9 Å². The minimum Gasteiger partial charge on any atom is -0.308 e. The summed E-state index contributed by atoms with van der Waals surface area (Å²) in [4.78, 5) is 0. The standard InChI is InChI=1S/C25H15N/c1-2-12-21-17(8-1)19-10-5-11-20-18-9-3-6-15-14-16-7-4-13-22(24(16)23(15)18)26(21)25(19)20/h1-13H,14H2. The third kappa shape index (κ3) is 1.33. The van der Waals surface area contributed by atoms with E-state index in [0.717, 1.165) is 6.42 Å². The molecule has 0 spiro atoms. The van der Waals surface area contributed by atoms with Crippen LogP contribution >= 0.6 is 0 Å². The van der Waals surface area contributed by atoms with Crippen LogP contribution in [0.25, 0.3) is 49.7 Å². The Hall–Kier alpha value is -3.32. The molecule has 1 aliphatic carbocycles. The largest absolute Gasteiger partial charge is 0.308 e. The molecule has 0 unspecified atom stereocenters. The zero-order valence-corrected chi connectivity index (χ0v) is 14.2. The average Bonchev–Trinajstić information content (AvgIpc) is 3.19. The molecule has 0 amide bonds. The Balaban J connectivity index is 1.87. The van der Waals surface area contributed by atoms with E-state index in [0.29, 0.717) is 0 Å². The van der Waals surface area contributed by atoms with Gasteiger partial charge in [-0.15, -0.1) is 0 Å². The second kappa shape index (κ2) is 4.25. The molecule has 1 aromatic heterocycles. The first kappa shape index (κ1) is 13.0. The molecule has 0 fully saturated rings. The number of rotatable bonds is 0. The summed E-state index contributed by atoms with van der Waals surface area (Å²) >= 11 is 0. The minimum absolute atomic E-state index is 1.04. The zero-order chi connectivity index (χ0) is 16.8. The topological polar surface area (TPSA) is 4.93 Å². The number of aromatic nitrogens is 1. The lowest BCUT2D eigenvalue weighted by Gasteiger charge is -2.12. The van der Waals surface area contributed by atoms with E-state index in [2.05, 4.69) is 83.4 Å². The highest BCUT2D eigenvalue weighted by atomic mass is 15.0. The fourth-order valence-electron chi connectivity index (χ4n) is 5.17. The lowest BCUT2D eigenvalue weighted by molar-refractivity contribution is 1.17. The van der Waals surface area contributed by atoms with Crippen molar-refractivity contribution in [2.45, 2.75) is 6.42 Å². The number of fused-ring (bicyclic) bond motifs is 5. The molecule has 0 saturated heterocycles. The van der Waals surface area contributed by atoms with Gasteiger partial charge in [0, 0.05) is 21.9 Å². The highest BCUT2D eigenvalue weighted by Crippen LogP contribution is 2.51. The normalized spacial score (nSPS) is 13.2. The van der Waals surface area contributed by atoms with Gasteiger partial charge in [-0.1, -0.05) is 66.7 Å². The molecule has 2 heterocycles. The van der Waals surface area contributed by atoms with E-state index >= 15 is 0 Å². The van der Waals surface area contributed by atoms with Gasteiger partial charge in [0.25, 0.3) is 0 Å². The quantitative estimate of drug-likeness (QED) is 0.306. The van der Waals surface area contributed by atoms with Crippen molar-refractivity contribution in [3.8, 4) is 27.9 Å². The van der Waals surface area contributed by atoms with Crippen molar-refractivity contribution in [3.05, 3.63) is 90.0 Å². The SMILES string of the molecule is c1cc2c3c(c1)-c1cccc4c5ccccc5n(c14)-c1cccc(c1-3)C2. The third-order valence-electron chi connectivity index (χ3n) is 6.14. The molecule has 120 valence electrons. The van der Waals surface area contributed by atoms with Gasteiger partial charge in [0.05, 0.1) is 16.7 Å². The smallest absolute Gasteiger partial charge is 0.0619 e. The van der Waals surface area contributed by atoms with Crippen LogP contribution in [0, 0.1) is 0 Å². The van der Waals surface area contributed by atoms with Crippen molar-refractivity contribution in [2.75, 3.05) is 0 Å². The first-order valence-corrected chi connectivity index (χ1v) is 9.19. The molecule has 0 radical (unpaired) electrons. The van der Waals surface area contributed by atoms with E-state index in [-0.39, 0.29) is 0 Å². The lowest BCUT2D eigenvalue weighted by atomic mass is 9.93. The molecule has 0 atom stereocenters. The molecule has 7 rings (SSSR count). The molecule has 2 aliphatic rings. The van der Waals surface area contributed by atoms with Crippen molar-refractivity contribution in [3.63, 3.8) is 0 Å². The maximum atomic E-state index is 2.49. The van der Waals surface area contributed by atoms with Gasteiger partial charge in [0.1, 0.15) is 0 Å². The highest BCUT2D eigenvalue weighted by Gasteiger charge is 2.30.